The number of ketones is 1. The third kappa shape index (κ3) is 3.90. The van der Waals surface area contributed by atoms with E-state index in [1.165, 1.54) is 4.90 Å². The number of aliphatic hydroxyl groups excluding tert-OH is 1. The molecule has 1 aliphatic rings. The van der Waals surface area contributed by atoms with Gasteiger partial charge in [0, 0.05) is 30.9 Å². The Labute approximate surface area is 158 Å². The van der Waals surface area contributed by atoms with Crippen LogP contribution in [0.15, 0.2) is 60.4 Å². The van der Waals surface area contributed by atoms with Gasteiger partial charge in [-0.3, -0.25) is 14.6 Å². The number of quaternary nitrogens is 1. The number of amides is 1. The third-order valence-electron chi connectivity index (χ3n) is 4.68. The zero-order valence-electron chi connectivity index (χ0n) is 15.6. The first-order valence-electron chi connectivity index (χ1n) is 9.03. The molecule has 2 aromatic rings. The van der Waals surface area contributed by atoms with Crippen molar-refractivity contribution in [1.82, 2.24) is 9.88 Å². The van der Waals surface area contributed by atoms with Crippen molar-refractivity contribution in [2.24, 2.45) is 0 Å². The molecular weight excluding hydrogens is 342 g/mol. The summed E-state index contributed by atoms with van der Waals surface area (Å²) in [5.74, 6) is -1.35. The number of hydrogen-bond acceptors (Lipinski definition) is 4. The highest BCUT2D eigenvalue weighted by molar-refractivity contribution is 6.46. The van der Waals surface area contributed by atoms with Crippen LogP contribution in [0.3, 0.4) is 0 Å². The van der Waals surface area contributed by atoms with Crippen molar-refractivity contribution in [3.63, 3.8) is 0 Å². The van der Waals surface area contributed by atoms with Gasteiger partial charge in [-0.1, -0.05) is 30.3 Å². The van der Waals surface area contributed by atoms with Gasteiger partial charge in [0.05, 0.1) is 32.3 Å². The van der Waals surface area contributed by atoms with Crippen LogP contribution in [0.25, 0.3) is 5.76 Å². The van der Waals surface area contributed by atoms with E-state index in [1.807, 2.05) is 20.2 Å². The van der Waals surface area contributed by atoms with Crippen LogP contribution in [0.2, 0.25) is 0 Å². The molecule has 0 unspecified atom stereocenters. The summed E-state index contributed by atoms with van der Waals surface area (Å²) in [6, 6.07) is 11.8. The summed E-state index contributed by atoms with van der Waals surface area (Å²) < 4.78 is 0. The fourth-order valence-electron chi connectivity index (χ4n) is 3.36. The molecule has 1 amide bonds. The molecule has 2 N–H and O–H groups in total. The fraction of sp³-hybridized carbons (Fsp3) is 0.286. The molecule has 1 aromatic carbocycles. The van der Waals surface area contributed by atoms with E-state index in [0.717, 1.165) is 18.5 Å². The summed E-state index contributed by atoms with van der Waals surface area (Å²) in [7, 11) is 4.09. The van der Waals surface area contributed by atoms with Gasteiger partial charge in [-0.25, -0.2) is 0 Å². The lowest BCUT2D eigenvalue weighted by Crippen LogP contribution is -3.05. The van der Waals surface area contributed by atoms with Crippen LogP contribution < -0.4 is 4.90 Å². The molecule has 1 aliphatic heterocycles. The maximum atomic E-state index is 12.8. The highest BCUT2D eigenvalue weighted by atomic mass is 16.3. The lowest BCUT2D eigenvalue weighted by Gasteiger charge is -2.25. The van der Waals surface area contributed by atoms with Gasteiger partial charge in [0.25, 0.3) is 11.7 Å². The number of aliphatic hydroxyl groups is 1. The van der Waals surface area contributed by atoms with Crippen LogP contribution >= 0.6 is 0 Å². The fourth-order valence-corrected chi connectivity index (χ4v) is 3.36. The van der Waals surface area contributed by atoms with Crippen LogP contribution in [-0.2, 0) is 9.59 Å². The van der Waals surface area contributed by atoms with Crippen molar-refractivity contribution in [2.75, 3.05) is 27.2 Å². The standard InChI is InChI=1S/C21H23N3O3/c1-23(2)13-6-14-24-18(15-9-11-22-12-10-15)17(20(26)21(24)27)19(25)16-7-4-3-5-8-16/h3-5,7-12,18,25H,6,13-14H2,1-2H3/p+1/t18-/m0/s1. The molecule has 6 nitrogen and oxygen atoms in total. The normalized spacial score (nSPS) is 19.1. The smallest absolute Gasteiger partial charge is 0.295 e. The van der Waals surface area contributed by atoms with Crippen molar-refractivity contribution in [2.45, 2.75) is 12.5 Å². The largest absolute Gasteiger partial charge is 0.507 e. The first-order valence-corrected chi connectivity index (χ1v) is 9.03. The number of Topliss-reactive ketones (excluding diaryl/α,β-unsaturated/α-hetero) is 1. The predicted molar refractivity (Wildman–Crippen MR) is 102 cm³/mol. The van der Waals surface area contributed by atoms with Gasteiger partial charge in [0.2, 0.25) is 0 Å². The van der Waals surface area contributed by atoms with Crippen LogP contribution in [0.4, 0.5) is 0 Å². The maximum Gasteiger partial charge on any atom is 0.295 e. The quantitative estimate of drug-likeness (QED) is 0.455. The van der Waals surface area contributed by atoms with E-state index < -0.39 is 17.7 Å². The summed E-state index contributed by atoms with van der Waals surface area (Å²) in [4.78, 5) is 32.4. The number of likely N-dealkylation sites (tertiary alicyclic amines) is 1. The summed E-state index contributed by atoms with van der Waals surface area (Å²) in [6.07, 6.45) is 4.02. The number of rotatable bonds is 6. The number of carbonyl (C=O) groups is 2. The second kappa shape index (κ2) is 8.14. The number of nitrogens with one attached hydrogen (secondary N) is 1. The summed E-state index contributed by atoms with van der Waals surface area (Å²) >= 11 is 0. The van der Waals surface area contributed by atoms with Gasteiger partial charge in [-0.15, -0.1) is 0 Å². The molecule has 0 spiro atoms. The monoisotopic (exact) mass is 366 g/mol. The zero-order valence-corrected chi connectivity index (χ0v) is 15.6. The van der Waals surface area contributed by atoms with Gasteiger partial charge >= 0.3 is 0 Å². The van der Waals surface area contributed by atoms with Gasteiger partial charge in [0.15, 0.2) is 0 Å². The Morgan fingerprint density at radius 3 is 2.41 bits per heavy atom. The van der Waals surface area contributed by atoms with Crippen molar-refractivity contribution in [3.8, 4) is 0 Å². The molecule has 0 aliphatic carbocycles. The molecule has 1 atom stereocenters. The number of benzene rings is 1. The second-order valence-electron chi connectivity index (χ2n) is 6.95. The van der Waals surface area contributed by atoms with E-state index in [-0.39, 0.29) is 11.3 Å². The topological polar surface area (TPSA) is 74.9 Å². The molecule has 0 bridgehead atoms. The van der Waals surface area contributed by atoms with Crippen LogP contribution in [0.5, 0.6) is 0 Å². The summed E-state index contributed by atoms with van der Waals surface area (Å²) in [6.45, 7) is 1.33. The maximum absolute atomic E-state index is 12.8. The van der Waals surface area contributed by atoms with Crippen molar-refractivity contribution in [1.29, 1.82) is 0 Å². The molecule has 140 valence electrons. The number of aromatic nitrogens is 1. The molecule has 0 saturated carbocycles. The number of pyridine rings is 1. The first kappa shape index (κ1) is 18.8. The number of hydrogen-bond donors (Lipinski definition) is 2. The average molecular weight is 366 g/mol. The van der Waals surface area contributed by atoms with Gasteiger partial charge in [-0.05, 0) is 17.7 Å². The number of carbonyl (C=O) groups excluding carboxylic acids is 2. The Kier molecular flexibility index (Phi) is 5.66. The van der Waals surface area contributed by atoms with E-state index in [2.05, 4.69) is 4.98 Å². The molecule has 6 heteroatoms. The zero-order chi connectivity index (χ0) is 19.4. The molecule has 1 saturated heterocycles. The Hall–Kier alpha value is -2.99. The Morgan fingerprint density at radius 2 is 1.78 bits per heavy atom. The molecule has 1 fully saturated rings. The lowest BCUT2D eigenvalue weighted by molar-refractivity contribution is -0.858. The van der Waals surface area contributed by atoms with Crippen LogP contribution in [0.1, 0.15) is 23.6 Å². The van der Waals surface area contributed by atoms with Gasteiger partial charge in [0.1, 0.15) is 5.76 Å². The average Bonchev–Trinajstić information content (AvgIpc) is 2.93. The van der Waals surface area contributed by atoms with Crippen molar-refractivity contribution in [3.05, 3.63) is 71.6 Å². The van der Waals surface area contributed by atoms with Crippen LogP contribution in [-0.4, -0.2) is 53.9 Å². The Balaban J connectivity index is 2.05. The highest BCUT2D eigenvalue weighted by Crippen LogP contribution is 2.39. The molecular formula is C21H24N3O3+. The molecule has 27 heavy (non-hydrogen) atoms. The van der Waals surface area contributed by atoms with E-state index >= 15 is 0 Å². The van der Waals surface area contributed by atoms with Gasteiger partial charge < -0.3 is 14.9 Å². The second-order valence-corrected chi connectivity index (χ2v) is 6.95. The lowest BCUT2D eigenvalue weighted by atomic mass is 9.96. The van der Waals surface area contributed by atoms with E-state index in [1.54, 1.807) is 53.7 Å². The molecule has 0 radical (unpaired) electrons. The minimum atomic E-state index is -0.643. The SMILES string of the molecule is C[NH+](C)CCCN1C(=O)C(=O)C(=C(O)c2ccccc2)[C@@H]1c1ccncc1. The number of nitrogens with zero attached hydrogens (tertiary/aromatic N) is 2. The predicted octanol–water partition coefficient (Wildman–Crippen LogP) is 1.04. The Bertz CT molecular complexity index is 847. The van der Waals surface area contributed by atoms with Gasteiger partial charge in [-0.2, -0.15) is 0 Å². The molecule has 2 heterocycles. The van der Waals surface area contributed by atoms with Crippen molar-refractivity contribution >= 4 is 17.4 Å². The Morgan fingerprint density at radius 1 is 1.11 bits per heavy atom. The molecule has 1 aromatic heterocycles. The van der Waals surface area contributed by atoms with E-state index in [0.29, 0.717) is 12.1 Å². The molecule has 3 rings (SSSR count). The summed E-state index contributed by atoms with van der Waals surface area (Å²) in [5.41, 5.74) is 1.42. The highest BCUT2D eigenvalue weighted by Gasteiger charge is 2.45. The van der Waals surface area contributed by atoms with E-state index in [4.69, 9.17) is 0 Å². The summed E-state index contributed by atoms with van der Waals surface area (Å²) in [5, 5.41) is 10.8. The first-order chi connectivity index (χ1) is 13.0. The minimum absolute atomic E-state index is 0.134. The van der Waals surface area contributed by atoms with Crippen molar-refractivity contribution < 1.29 is 19.6 Å². The minimum Gasteiger partial charge on any atom is -0.507 e. The van der Waals surface area contributed by atoms with E-state index in [9.17, 15) is 14.7 Å². The third-order valence-corrected chi connectivity index (χ3v) is 4.68. The van der Waals surface area contributed by atoms with Crippen LogP contribution in [0, 0.1) is 0 Å².